The maximum atomic E-state index is 10.2. The molecule has 7 aromatic carbocycles. The standard InChI is InChI=1S/C62H52N6OSi.Pt/c1-60(2,3)42-29-30-65-58(34-42)68-52-14-11-10-13-50(52)51-27-21-46(35-54(51)68)69-47-22-28-56-55(36-47)67-39-66(45-32-43(61(4,5)6)31-44(33-45)62(7,8)9)53-15-12-16-57(59(53)67)70(56,48-23-17-40(37-63)18-24-48)49-25-19-41(38-64)20-26-49;/h10-34H,1-9H3;/q-2;/i17D,18D,19D,20D,23D,24D,25D,26D;. The van der Waals surface area contributed by atoms with Crippen LogP contribution in [0.1, 0.15) is 101 Å². The van der Waals surface area contributed by atoms with Gasteiger partial charge in [0, 0.05) is 44.3 Å². The third-order valence-electron chi connectivity index (χ3n) is 13.4. The Kier molecular flexibility index (Phi) is 9.30. The van der Waals surface area contributed by atoms with Crippen molar-refractivity contribution in [2.75, 3.05) is 0 Å². The molecule has 352 valence electrons. The largest absolute Gasteiger partial charge is 0.510 e. The summed E-state index contributed by atoms with van der Waals surface area (Å²) in [5, 5.41) is 22.7. The zero-order chi connectivity index (χ0) is 55.9. The van der Waals surface area contributed by atoms with Gasteiger partial charge in [-0.15, -0.1) is 34.8 Å². The van der Waals surface area contributed by atoms with Gasteiger partial charge in [0.2, 0.25) is 0 Å². The Labute approximate surface area is 442 Å². The summed E-state index contributed by atoms with van der Waals surface area (Å²) in [6.07, 6.45) is 5.45. The molecule has 0 atom stereocenters. The number of fused-ring (bicyclic) bond motifs is 5. The first-order chi connectivity index (χ1) is 36.8. The number of imidazole rings is 1. The van der Waals surface area contributed by atoms with Crippen molar-refractivity contribution in [2.45, 2.75) is 78.6 Å². The Balaban J connectivity index is 0.00000704. The van der Waals surface area contributed by atoms with Crippen molar-refractivity contribution in [2.24, 2.45) is 0 Å². The normalized spacial score (nSPS) is 14.7. The van der Waals surface area contributed by atoms with E-state index in [0.29, 0.717) is 38.5 Å². The van der Waals surface area contributed by atoms with Crippen molar-refractivity contribution in [3.63, 3.8) is 0 Å². The number of rotatable bonds is 6. The molecule has 11 rings (SSSR count). The number of hydrogen-bond acceptors (Lipinski definition) is 4. The number of ether oxygens (including phenoxy) is 1. The second kappa shape index (κ2) is 17.2. The Morgan fingerprint density at radius 3 is 1.86 bits per heavy atom. The van der Waals surface area contributed by atoms with E-state index in [1.54, 1.807) is 28.8 Å². The van der Waals surface area contributed by atoms with Crippen molar-refractivity contribution >= 4 is 61.7 Å². The molecule has 0 unspecified atom stereocenters. The molecule has 0 fully saturated rings. The van der Waals surface area contributed by atoms with Gasteiger partial charge in [-0.2, -0.15) is 22.7 Å². The van der Waals surface area contributed by atoms with Crippen LogP contribution in [-0.2, 0) is 37.3 Å². The molecule has 0 N–H and O–H groups in total. The zero-order valence-corrected chi connectivity index (χ0v) is 44.0. The van der Waals surface area contributed by atoms with Crippen LogP contribution in [0.15, 0.2) is 152 Å². The second-order valence-electron chi connectivity index (χ2n) is 21.0. The third-order valence-corrected chi connectivity index (χ3v) is 17.8. The van der Waals surface area contributed by atoms with Crippen molar-refractivity contribution in [1.82, 2.24) is 14.1 Å². The fourth-order valence-electron chi connectivity index (χ4n) is 9.64. The molecule has 4 heterocycles. The van der Waals surface area contributed by atoms with Crippen LogP contribution in [0.4, 0.5) is 0 Å². The average molecular weight is 1130 g/mol. The predicted molar refractivity (Wildman–Crippen MR) is 283 cm³/mol. The van der Waals surface area contributed by atoms with Gasteiger partial charge in [0.1, 0.15) is 13.9 Å². The molecule has 9 heteroatoms. The Morgan fingerprint density at radius 1 is 0.634 bits per heavy atom. The SMILES string of the molecule is [2H]c1c([2H])c([Si]2(c3c([2H])c([2H])c(C#N)c([2H])c3[2H])c3ccc(Oc4[c-]c5c(cc4)c4ccccc4n5-c4cc(C(C)(C)C)ccn4)[c-]c3-n3[c-][n+](-c4cc(C(C)(C)C)cc(C(C)(C)C)c4)c4cccc2c43)c([2H])c([2H])c1C#N.[Pt]. The van der Waals surface area contributed by atoms with E-state index < -0.39 is 67.5 Å². The molecule has 71 heavy (non-hydrogen) atoms. The molecule has 0 spiro atoms. The third kappa shape index (κ3) is 7.82. The van der Waals surface area contributed by atoms with Gasteiger partial charge in [-0.05, 0) is 104 Å². The summed E-state index contributed by atoms with van der Waals surface area (Å²) in [5.41, 5.74) is 5.28. The first kappa shape index (κ1) is 38.4. The molecule has 7 nitrogen and oxygen atoms in total. The number of nitrogens with zero attached hydrogens (tertiary/aromatic N) is 6. The van der Waals surface area contributed by atoms with Crippen LogP contribution in [0.5, 0.6) is 11.5 Å². The molecule has 0 radical (unpaired) electrons. The van der Waals surface area contributed by atoms with E-state index in [4.69, 9.17) is 9.72 Å². The fourth-order valence-corrected chi connectivity index (χ4v) is 14.1. The zero-order valence-electron chi connectivity index (χ0n) is 48.7. The predicted octanol–water partition coefficient (Wildman–Crippen LogP) is 10.9. The maximum Gasteiger partial charge on any atom is 0.268 e. The number of para-hydroxylation sites is 2. The molecule has 3 aromatic heterocycles. The smallest absolute Gasteiger partial charge is 0.268 e. The summed E-state index contributed by atoms with van der Waals surface area (Å²) < 4.78 is 88.8. The molecular weight excluding hydrogens is 1070 g/mol. The minimum absolute atomic E-state index is 0. The maximum absolute atomic E-state index is 10.2. The van der Waals surface area contributed by atoms with E-state index in [1.807, 2.05) is 65.4 Å². The summed E-state index contributed by atoms with van der Waals surface area (Å²) in [6, 6.07) is 37.2. The van der Waals surface area contributed by atoms with E-state index >= 15 is 0 Å². The van der Waals surface area contributed by atoms with Crippen LogP contribution >= 0.6 is 0 Å². The average Bonchev–Trinajstić information content (AvgIpc) is 4.08. The van der Waals surface area contributed by atoms with E-state index in [9.17, 15) is 21.5 Å². The molecule has 0 amide bonds. The van der Waals surface area contributed by atoms with Gasteiger partial charge in [-0.1, -0.05) is 145 Å². The van der Waals surface area contributed by atoms with Crippen molar-refractivity contribution in [3.8, 4) is 40.8 Å². The van der Waals surface area contributed by atoms with Gasteiger partial charge in [0.25, 0.3) is 6.33 Å². The van der Waals surface area contributed by atoms with E-state index in [-0.39, 0.29) is 59.1 Å². The molecule has 1 aliphatic rings. The molecule has 10 aromatic rings. The second-order valence-corrected chi connectivity index (χ2v) is 24.5. The number of nitriles is 2. The van der Waals surface area contributed by atoms with E-state index in [1.165, 1.54) is 0 Å². The summed E-state index contributed by atoms with van der Waals surface area (Å²) in [5.74, 6) is 1.24. The molecule has 0 saturated carbocycles. The Bertz CT molecular complexity index is 4170. The summed E-state index contributed by atoms with van der Waals surface area (Å²) in [4.78, 5) is 4.84. The summed E-state index contributed by atoms with van der Waals surface area (Å²) >= 11 is 0. The van der Waals surface area contributed by atoms with Crippen LogP contribution < -0.4 is 30.1 Å². The van der Waals surface area contributed by atoms with Crippen LogP contribution in [0.25, 0.3) is 50.0 Å². The van der Waals surface area contributed by atoms with Gasteiger partial charge in [-0.25, -0.2) is 4.98 Å². The molecular formula is C62H52N6OPtSi-2. The first-order valence-electron chi connectivity index (χ1n) is 27.2. The summed E-state index contributed by atoms with van der Waals surface area (Å²) in [6.45, 7) is 19.4. The number of hydrogen-bond donors (Lipinski definition) is 0. The van der Waals surface area contributed by atoms with Gasteiger partial charge < -0.3 is 13.9 Å². The fraction of sp³-hybridized carbons (Fsp3) is 0.194. The quantitative estimate of drug-likeness (QED) is 0.0943. The molecule has 0 saturated heterocycles. The monoisotopic (exact) mass is 1130 g/mol. The van der Waals surface area contributed by atoms with Crippen LogP contribution in [0, 0.1) is 41.1 Å². The van der Waals surface area contributed by atoms with E-state index in [2.05, 4.69) is 116 Å². The number of pyridine rings is 1. The first-order valence-corrected chi connectivity index (χ1v) is 25.2. The minimum atomic E-state index is -4.79. The van der Waals surface area contributed by atoms with Gasteiger partial charge in [0.05, 0.1) is 51.0 Å². The van der Waals surface area contributed by atoms with Crippen molar-refractivity contribution in [3.05, 3.63) is 198 Å². The molecule has 0 bridgehead atoms. The number of aromatic nitrogens is 4. The van der Waals surface area contributed by atoms with Crippen LogP contribution in [0.3, 0.4) is 0 Å². The number of benzene rings is 7. The summed E-state index contributed by atoms with van der Waals surface area (Å²) in [7, 11) is -4.79. The van der Waals surface area contributed by atoms with Crippen molar-refractivity contribution < 1.29 is 41.3 Å². The van der Waals surface area contributed by atoms with Gasteiger partial charge >= 0.3 is 0 Å². The topological polar surface area (TPSA) is 83.4 Å². The Morgan fingerprint density at radius 2 is 1.24 bits per heavy atom. The van der Waals surface area contributed by atoms with E-state index in [0.717, 1.165) is 38.7 Å². The molecule has 0 aliphatic carbocycles. The van der Waals surface area contributed by atoms with Crippen LogP contribution in [-0.4, -0.2) is 22.2 Å². The van der Waals surface area contributed by atoms with Gasteiger partial charge in [-0.3, -0.25) is 4.57 Å². The van der Waals surface area contributed by atoms with Crippen LogP contribution in [0.2, 0.25) is 0 Å². The van der Waals surface area contributed by atoms with Gasteiger partial charge in [0.15, 0.2) is 0 Å². The minimum Gasteiger partial charge on any atom is -0.510 e. The molecule has 1 aliphatic heterocycles. The van der Waals surface area contributed by atoms with Crippen molar-refractivity contribution in [1.29, 1.82) is 10.5 Å². The Hall–Kier alpha value is -7.35.